The quantitative estimate of drug-likeness (QED) is 0.357. The topological polar surface area (TPSA) is 105 Å². The Hall–Kier alpha value is -1.64. The highest BCUT2D eigenvalue weighted by atomic mass is 32.2. The third kappa shape index (κ3) is 2.92. The van der Waals surface area contributed by atoms with Crippen LogP contribution in [0, 0.1) is 6.92 Å². The molecule has 1 aromatic carbocycles. The van der Waals surface area contributed by atoms with Gasteiger partial charge in [0, 0.05) is 13.1 Å². The molecule has 3 N–H and O–H groups in total. The Morgan fingerprint density at radius 3 is 2.95 bits per heavy atom. The standard InChI is InChI=1S/C12H17N3O4S/c1-9-3-2-4-10(7-9)20(17,18)15-5-6-19-11(8-15)12(13)14-16/h2-4,7,11,16H,5-6,8H2,1H3,(H2,13,14). The van der Waals surface area contributed by atoms with E-state index in [0.29, 0.717) is 0 Å². The number of benzene rings is 1. The second-order valence-corrected chi connectivity index (χ2v) is 6.50. The lowest BCUT2D eigenvalue weighted by Gasteiger charge is -2.31. The van der Waals surface area contributed by atoms with E-state index in [1.807, 2.05) is 13.0 Å². The fraction of sp³-hybridized carbons (Fsp3) is 0.417. The molecule has 1 atom stereocenters. The smallest absolute Gasteiger partial charge is 0.243 e. The minimum Gasteiger partial charge on any atom is -0.409 e. The summed E-state index contributed by atoms with van der Waals surface area (Å²) in [5, 5.41) is 11.5. The Morgan fingerprint density at radius 2 is 2.30 bits per heavy atom. The van der Waals surface area contributed by atoms with Crippen molar-refractivity contribution in [3.05, 3.63) is 29.8 Å². The first-order valence-corrected chi connectivity index (χ1v) is 7.55. The summed E-state index contributed by atoms with van der Waals surface area (Å²) in [7, 11) is -3.60. The SMILES string of the molecule is Cc1cccc(S(=O)(=O)N2CCOC(C(N)=NO)C2)c1. The van der Waals surface area contributed by atoms with Gasteiger partial charge in [0.15, 0.2) is 5.84 Å². The molecular formula is C12H17N3O4S. The predicted octanol–water partition coefficient (Wildman–Crippen LogP) is 0.131. The van der Waals surface area contributed by atoms with Crippen molar-refractivity contribution >= 4 is 15.9 Å². The molecule has 0 saturated carbocycles. The van der Waals surface area contributed by atoms with Gasteiger partial charge >= 0.3 is 0 Å². The van der Waals surface area contributed by atoms with Gasteiger partial charge in [-0.1, -0.05) is 17.3 Å². The number of amidine groups is 1. The molecule has 8 heteroatoms. The number of morpholine rings is 1. The van der Waals surface area contributed by atoms with Gasteiger partial charge in [0.05, 0.1) is 11.5 Å². The first-order chi connectivity index (χ1) is 9.45. The van der Waals surface area contributed by atoms with Gasteiger partial charge in [-0.2, -0.15) is 4.31 Å². The fourth-order valence-electron chi connectivity index (χ4n) is 2.01. The average molecular weight is 299 g/mol. The number of nitrogens with two attached hydrogens (primary N) is 1. The van der Waals surface area contributed by atoms with E-state index in [9.17, 15) is 8.42 Å². The van der Waals surface area contributed by atoms with Crippen LogP contribution in [-0.2, 0) is 14.8 Å². The summed E-state index contributed by atoms with van der Waals surface area (Å²) < 4.78 is 31.6. The van der Waals surface area contributed by atoms with Gasteiger partial charge < -0.3 is 15.7 Å². The highest BCUT2D eigenvalue weighted by Crippen LogP contribution is 2.19. The molecule has 110 valence electrons. The second-order valence-electron chi connectivity index (χ2n) is 4.56. The number of hydrogen-bond acceptors (Lipinski definition) is 5. The van der Waals surface area contributed by atoms with E-state index >= 15 is 0 Å². The molecule has 1 aliphatic rings. The van der Waals surface area contributed by atoms with Crippen molar-refractivity contribution in [2.75, 3.05) is 19.7 Å². The van der Waals surface area contributed by atoms with Crippen LogP contribution < -0.4 is 5.73 Å². The summed E-state index contributed by atoms with van der Waals surface area (Å²) in [6.45, 7) is 2.31. The second kappa shape index (κ2) is 5.78. The van der Waals surface area contributed by atoms with Crippen molar-refractivity contribution in [2.45, 2.75) is 17.9 Å². The van der Waals surface area contributed by atoms with E-state index in [0.717, 1.165) is 5.56 Å². The minimum atomic E-state index is -3.60. The first-order valence-electron chi connectivity index (χ1n) is 6.11. The maximum absolute atomic E-state index is 12.5. The number of sulfonamides is 1. The van der Waals surface area contributed by atoms with Crippen molar-refractivity contribution in [1.82, 2.24) is 4.31 Å². The molecular weight excluding hydrogens is 282 g/mol. The van der Waals surface area contributed by atoms with Gasteiger partial charge in [0.25, 0.3) is 0 Å². The normalized spacial score (nSPS) is 21.9. The summed E-state index contributed by atoms with van der Waals surface area (Å²) in [4.78, 5) is 0.234. The Morgan fingerprint density at radius 1 is 1.55 bits per heavy atom. The predicted molar refractivity (Wildman–Crippen MR) is 73.1 cm³/mol. The Balaban J connectivity index is 2.26. The maximum atomic E-state index is 12.5. The van der Waals surface area contributed by atoms with Crippen molar-refractivity contribution in [3.63, 3.8) is 0 Å². The zero-order valence-electron chi connectivity index (χ0n) is 11.1. The molecule has 0 radical (unpaired) electrons. The monoisotopic (exact) mass is 299 g/mol. The molecule has 0 bridgehead atoms. The van der Waals surface area contributed by atoms with E-state index in [-0.39, 0.29) is 30.4 Å². The summed E-state index contributed by atoms with van der Waals surface area (Å²) in [6, 6.07) is 6.70. The number of aryl methyl sites for hydroxylation is 1. The van der Waals surface area contributed by atoms with Crippen LogP contribution in [0.5, 0.6) is 0 Å². The van der Waals surface area contributed by atoms with Crippen LogP contribution in [0.15, 0.2) is 34.3 Å². The fourth-order valence-corrected chi connectivity index (χ4v) is 3.54. The molecule has 1 aliphatic heterocycles. The molecule has 0 spiro atoms. The molecule has 1 aromatic rings. The minimum absolute atomic E-state index is 0.0339. The lowest BCUT2D eigenvalue weighted by molar-refractivity contribution is 0.0355. The van der Waals surface area contributed by atoms with Crippen LogP contribution >= 0.6 is 0 Å². The number of ether oxygens (including phenoxy) is 1. The molecule has 1 heterocycles. The molecule has 7 nitrogen and oxygen atoms in total. The van der Waals surface area contributed by atoms with Gasteiger partial charge in [-0.15, -0.1) is 0 Å². The molecule has 0 aromatic heterocycles. The van der Waals surface area contributed by atoms with Crippen LogP contribution in [0.2, 0.25) is 0 Å². The molecule has 1 unspecified atom stereocenters. The Bertz CT molecular complexity index is 615. The van der Waals surface area contributed by atoms with E-state index in [1.165, 1.54) is 4.31 Å². The lowest BCUT2D eigenvalue weighted by Crippen LogP contribution is -2.50. The summed E-state index contributed by atoms with van der Waals surface area (Å²) in [5.41, 5.74) is 6.34. The molecule has 0 amide bonds. The van der Waals surface area contributed by atoms with Crippen molar-refractivity contribution in [1.29, 1.82) is 0 Å². The van der Waals surface area contributed by atoms with Gasteiger partial charge in [-0.3, -0.25) is 0 Å². The highest BCUT2D eigenvalue weighted by molar-refractivity contribution is 7.89. The van der Waals surface area contributed by atoms with Crippen LogP contribution in [0.25, 0.3) is 0 Å². The van der Waals surface area contributed by atoms with Crippen molar-refractivity contribution in [3.8, 4) is 0 Å². The Labute approximate surface area is 117 Å². The third-order valence-corrected chi connectivity index (χ3v) is 4.96. The zero-order chi connectivity index (χ0) is 14.8. The van der Waals surface area contributed by atoms with Crippen LogP contribution in [0.3, 0.4) is 0 Å². The van der Waals surface area contributed by atoms with E-state index < -0.39 is 16.1 Å². The van der Waals surface area contributed by atoms with Crippen LogP contribution in [-0.4, -0.2) is 49.6 Å². The summed E-state index contributed by atoms with van der Waals surface area (Å²) >= 11 is 0. The third-order valence-electron chi connectivity index (χ3n) is 3.10. The highest BCUT2D eigenvalue weighted by Gasteiger charge is 2.32. The molecule has 1 saturated heterocycles. The maximum Gasteiger partial charge on any atom is 0.243 e. The lowest BCUT2D eigenvalue weighted by atomic mass is 10.2. The molecule has 2 rings (SSSR count). The van der Waals surface area contributed by atoms with Crippen molar-refractivity contribution < 1.29 is 18.4 Å². The number of nitrogens with zero attached hydrogens (tertiary/aromatic N) is 2. The molecule has 20 heavy (non-hydrogen) atoms. The first kappa shape index (κ1) is 14.8. The van der Waals surface area contributed by atoms with Crippen LogP contribution in [0.1, 0.15) is 5.56 Å². The van der Waals surface area contributed by atoms with Gasteiger partial charge in [-0.25, -0.2) is 8.42 Å². The largest absolute Gasteiger partial charge is 0.409 e. The van der Waals surface area contributed by atoms with Gasteiger partial charge in [0.2, 0.25) is 10.0 Å². The summed E-state index contributed by atoms with van der Waals surface area (Å²) in [6.07, 6.45) is -0.728. The Kier molecular flexibility index (Phi) is 4.26. The number of hydrogen-bond donors (Lipinski definition) is 2. The number of oxime groups is 1. The number of rotatable bonds is 3. The van der Waals surface area contributed by atoms with E-state index in [1.54, 1.807) is 18.2 Å². The van der Waals surface area contributed by atoms with Gasteiger partial charge in [0.1, 0.15) is 6.10 Å². The van der Waals surface area contributed by atoms with Gasteiger partial charge in [-0.05, 0) is 24.6 Å². The zero-order valence-corrected chi connectivity index (χ0v) is 11.9. The molecule has 1 fully saturated rings. The van der Waals surface area contributed by atoms with Crippen molar-refractivity contribution in [2.24, 2.45) is 10.9 Å². The van der Waals surface area contributed by atoms with Crippen LogP contribution in [0.4, 0.5) is 0 Å². The molecule has 0 aliphatic carbocycles. The summed E-state index contributed by atoms with van der Waals surface area (Å²) in [5.74, 6) is -0.130. The van der Waals surface area contributed by atoms with E-state index in [4.69, 9.17) is 15.7 Å². The van der Waals surface area contributed by atoms with E-state index in [2.05, 4.69) is 5.16 Å². The average Bonchev–Trinajstić information content (AvgIpc) is 2.46.